The quantitative estimate of drug-likeness (QED) is 0.443. The number of pyridine rings is 1. The molecule has 0 bridgehead atoms. The maximum atomic E-state index is 6.42. The molecule has 1 N–H and O–H groups in total. The lowest BCUT2D eigenvalue weighted by Gasteiger charge is -2.26. The van der Waals surface area contributed by atoms with E-state index in [0.29, 0.717) is 0 Å². The van der Waals surface area contributed by atoms with Crippen LogP contribution < -0.4 is 5.32 Å². The van der Waals surface area contributed by atoms with Gasteiger partial charge in [0.1, 0.15) is 17.6 Å². The molecule has 5 nitrogen and oxygen atoms in total. The summed E-state index contributed by atoms with van der Waals surface area (Å²) in [6.07, 6.45) is 2.83. The first-order valence-corrected chi connectivity index (χ1v) is 11.6. The molecule has 2 aromatic heterocycles. The first-order chi connectivity index (χ1) is 14.9. The average molecular weight is 499 g/mol. The zero-order valence-electron chi connectivity index (χ0n) is 18.0. The summed E-state index contributed by atoms with van der Waals surface area (Å²) in [5, 5.41) is 4.23. The Balaban J connectivity index is 1.68. The molecule has 0 spiro atoms. The van der Waals surface area contributed by atoms with Crippen LogP contribution in [0.2, 0.25) is 0 Å². The third-order valence-electron chi connectivity index (χ3n) is 5.51. The Morgan fingerprint density at radius 2 is 2.03 bits per heavy atom. The van der Waals surface area contributed by atoms with Crippen molar-refractivity contribution < 1.29 is 4.42 Å². The van der Waals surface area contributed by atoms with Crippen LogP contribution >= 0.6 is 28.1 Å². The summed E-state index contributed by atoms with van der Waals surface area (Å²) < 4.78 is 7.45. The molecule has 0 amide bonds. The summed E-state index contributed by atoms with van der Waals surface area (Å²) in [5.41, 5.74) is 3.20. The van der Waals surface area contributed by atoms with Gasteiger partial charge in [-0.15, -0.1) is 0 Å². The largest absolute Gasteiger partial charge is 0.459 e. The van der Waals surface area contributed by atoms with Crippen molar-refractivity contribution in [3.8, 4) is 11.3 Å². The van der Waals surface area contributed by atoms with Crippen LogP contribution in [0.3, 0.4) is 0 Å². The van der Waals surface area contributed by atoms with Gasteiger partial charge in [0.05, 0.1) is 11.7 Å². The molecule has 3 heterocycles. The van der Waals surface area contributed by atoms with Gasteiger partial charge < -0.3 is 19.5 Å². The van der Waals surface area contributed by atoms with Crippen molar-refractivity contribution in [2.24, 2.45) is 0 Å². The van der Waals surface area contributed by atoms with Crippen molar-refractivity contribution in [3.05, 3.63) is 76.2 Å². The monoisotopic (exact) mass is 498 g/mol. The fraction of sp³-hybridized carbons (Fsp3) is 0.333. The van der Waals surface area contributed by atoms with Crippen molar-refractivity contribution >= 4 is 33.3 Å². The van der Waals surface area contributed by atoms with Gasteiger partial charge in [0, 0.05) is 22.8 Å². The second-order valence-corrected chi connectivity index (χ2v) is 9.40. The SMILES string of the molecule is Cc1ccc(-c2ccc([C@H]3[C@H](c4ccccn4)NC(=S)N3CCCN(C)C)o2)c(Br)c1. The first kappa shape index (κ1) is 22.0. The lowest BCUT2D eigenvalue weighted by molar-refractivity contribution is 0.261. The van der Waals surface area contributed by atoms with Crippen LogP contribution in [0.25, 0.3) is 11.3 Å². The molecule has 2 atom stereocenters. The van der Waals surface area contributed by atoms with Crippen LogP contribution in [-0.2, 0) is 0 Å². The fourth-order valence-corrected chi connectivity index (χ4v) is 5.01. The second-order valence-electron chi connectivity index (χ2n) is 8.16. The Morgan fingerprint density at radius 1 is 1.19 bits per heavy atom. The number of halogens is 1. The molecule has 4 rings (SSSR count). The summed E-state index contributed by atoms with van der Waals surface area (Å²) >= 11 is 9.41. The lowest BCUT2D eigenvalue weighted by atomic mass is 10.0. The minimum atomic E-state index is -0.0616. The predicted molar refractivity (Wildman–Crippen MR) is 132 cm³/mol. The van der Waals surface area contributed by atoms with E-state index in [0.717, 1.165) is 51.9 Å². The highest BCUT2D eigenvalue weighted by Gasteiger charge is 2.41. The summed E-state index contributed by atoms with van der Waals surface area (Å²) in [6, 6.07) is 16.3. The van der Waals surface area contributed by atoms with Crippen molar-refractivity contribution in [2.45, 2.75) is 25.4 Å². The molecule has 1 aliphatic heterocycles. The summed E-state index contributed by atoms with van der Waals surface area (Å²) in [5.74, 6) is 1.73. The fourth-order valence-electron chi connectivity index (χ4n) is 3.99. The molecule has 1 saturated heterocycles. The van der Waals surface area contributed by atoms with Gasteiger partial charge in [-0.2, -0.15) is 0 Å². The molecule has 0 radical (unpaired) electrons. The van der Waals surface area contributed by atoms with Crippen LogP contribution in [0.4, 0.5) is 0 Å². The molecular weight excluding hydrogens is 472 g/mol. The predicted octanol–water partition coefficient (Wildman–Crippen LogP) is 5.34. The van der Waals surface area contributed by atoms with E-state index in [4.69, 9.17) is 16.6 Å². The van der Waals surface area contributed by atoms with Crippen LogP contribution in [0.1, 0.15) is 35.5 Å². The molecule has 1 aromatic carbocycles. The molecular formula is C24H27BrN4OS. The highest BCUT2D eigenvalue weighted by atomic mass is 79.9. The van der Waals surface area contributed by atoms with E-state index >= 15 is 0 Å². The maximum absolute atomic E-state index is 6.42. The van der Waals surface area contributed by atoms with Gasteiger partial charge in [-0.25, -0.2) is 0 Å². The standard InChI is InChI=1S/C24H27BrN4OS/c1-16-8-9-17(18(25)15-16)20-10-11-21(30-20)23-22(19-7-4-5-12-26-19)27-24(31)29(23)14-6-13-28(2)3/h4-5,7-12,15,22-23H,6,13-14H2,1-3H3,(H,27,31)/t22-,23-/m0/s1. The van der Waals surface area contributed by atoms with E-state index in [1.165, 1.54) is 5.56 Å². The zero-order chi connectivity index (χ0) is 22.0. The minimum absolute atomic E-state index is 0.0532. The van der Waals surface area contributed by atoms with Gasteiger partial charge >= 0.3 is 0 Å². The number of aromatic nitrogens is 1. The van der Waals surface area contributed by atoms with Crippen LogP contribution in [0, 0.1) is 6.92 Å². The molecule has 1 aliphatic rings. The molecule has 31 heavy (non-hydrogen) atoms. The number of nitrogens with zero attached hydrogens (tertiary/aromatic N) is 3. The normalized spacial score (nSPS) is 18.6. The number of hydrogen-bond donors (Lipinski definition) is 1. The minimum Gasteiger partial charge on any atom is -0.459 e. The molecule has 1 fully saturated rings. The number of rotatable bonds is 7. The van der Waals surface area contributed by atoms with E-state index < -0.39 is 0 Å². The molecule has 7 heteroatoms. The van der Waals surface area contributed by atoms with E-state index in [2.05, 4.69) is 81.3 Å². The van der Waals surface area contributed by atoms with E-state index in [9.17, 15) is 0 Å². The Bertz CT molecular complexity index is 1050. The van der Waals surface area contributed by atoms with Crippen molar-refractivity contribution in [1.82, 2.24) is 20.1 Å². The number of aryl methyl sites for hydroxylation is 1. The van der Waals surface area contributed by atoms with Gasteiger partial charge in [0.2, 0.25) is 0 Å². The Labute approximate surface area is 197 Å². The molecule has 0 aliphatic carbocycles. The van der Waals surface area contributed by atoms with Gasteiger partial charge in [0.15, 0.2) is 5.11 Å². The Morgan fingerprint density at radius 3 is 2.74 bits per heavy atom. The topological polar surface area (TPSA) is 44.5 Å². The lowest BCUT2D eigenvalue weighted by Crippen LogP contribution is -2.32. The third-order valence-corrected chi connectivity index (χ3v) is 6.52. The van der Waals surface area contributed by atoms with E-state index in [-0.39, 0.29) is 12.1 Å². The molecule has 0 saturated carbocycles. The van der Waals surface area contributed by atoms with Crippen LogP contribution in [-0.4, -0.2) is 47.1 Å². The summed E-state index contributed by atoms with van der Waals surface area (Å²) in [6.45, 7) is 3.93. The summed E-state index contributed by atoms with van der Waals surface area (Å²) in [7, 11) is 4.18. The molecule has 0 unspecified atom stereocenters. The number of benzene rings is 1. The third kappa shape index (κ3) is 4.84. The van der Waals surface area contributed by atoms with Gasteiger partial charge in [-0.05, 0) is 88.2 Å². The maximum Gasteiger partial charge on any atom is 0.170 e. The number of furan rings is 1. The number of hydrogen-bond acceptors (Lipinski definition) is 4. The van der Waals surface area contributed by atoms with E-state index in [1.807, 2.05) is 30.5 Å². The highest BCUT2D eigenvalue weighted by Crippen LogP contribution is 2.41. The second kappa shape index (κ2) is 9.51. The van der Waals surface area contributed by atoms with Gasteiger partial charge in [0.25, 0.3) is 0 Å². The van der Waals surface area contributed by atoms with Crippen molar-refractivity contribution in [1.29, 1.82) is 0 Å². The Hall–Kier alpha value is -2.22. The Kier molecular flexibility index (Phi) is 6.74. The number of nitrogens with one attached hydrogen (secondary N) is 1. The first-order valence-electron chi connectivity index (χ1n) is 10.4. The zero-order valence-corrected chi connectivity index (χ0v) is 20.4. The van der Waals surface area contributed by atoms with Crippen LogP contribution in [0.5, 0.6) is 0 Å². The van der Waals surface area contributed by atoms with Gasteiger partial charge in [-0.3, -0.25) is 4.98 Å². The van der Waals surface area contributed by atoms with Crippen LogP contribution in [0.15, 0.2) is 63.6 Å². The number of thiocarbonyl (C=S) groups is 1. The smallest absolute Gasteiger partial charge is 0.170 e. The average Bonchev–Trinajstić information content (AvgIpc) is 3.33. The molecule has 3 aromatic rings. The molecule has 162 valence electrons. The highest BCUT2D eigenvalue weighted by molar-refractivity contribution is 9.10. The van der Waals surface area contributed by atoms with E-state index in [1.54, 1.807) is 0 Å². The van der Waals surface area contributed by atoms with Crippen molar-refractivity contribution in [2.75, 3.05) is 27.2 Å². The van der Waals surface area contributed by atoms with Crippen molar-refractivity contribution in [3.63, 3.8) is 0 Å². The summed E-state index contributed by atoms with van der Waals surface area (Å²) in [4.78, 5) is 9.03. The van der Waals surface area contributed by atoms with Gasteiger partial charge in [-0.1, -0.05) is 28.1 Å².